The molecule has 0 aromatic heterocycles. The molecule has 0 aliphatic carbocycles. The van der Waals surface area contributed by atoms with Gasteiger partial charge in [-0.2, -0.15) is 0 Å². The number of nitrogens with one attached hydrogen (secondary N) is 1. The zero-order valence-electron chi connectivity index (χ0n) is 36.9. The summed E-state index contributed by atoms with van der Waals surface area (Å²) < 4.78 is 23.2. The molecule has 0 aromatic rings. The molecular weight excluding hydrogens is 707 g/mol. The third-order valence-corrected chi connectivity index (χ3v) is 11.4. The quantitative estimate of drug-likeness (QED) is 0.0276. The van der Waals surface area contributed by atoms with E-state index in [4.69, 9.17) is 9.05 Å². The Labute approximate surface area is 341 Å². The molecule has 0 aliphatic rings. The van der Waals surface area contributed by atoms with Gasteiger partial charge >= 0.3 is 0 Å². The van der Waals surface area contributed by atoms with Crippen molar-refractivity contribution in [2.75, 3.05) is 40.9 Å². The standard InChI is InChI=1S/C46H91N2O6P/c1-6-8-10-12-14-16-18-20-21-22-23-24-25-26-28-30-32-34-36-38-40-46(50)47-44(43-54-55(51,52)53-42-41-48(3,4)5)45(49)39-37-35-33-31-29-27-19-17-15-13-11-9-7-2/h29,31,37,39,44-45,49H,6-28,30,32-36,38,40-43H2,1-5H3,(H-,47,50,51,52)/b31-29+,39-37+. The van der Waals surface area contributed by atoms with Crippen LogP contribution in [0.1, 0.15) is 213 Å². The van der Waals surface area contributed by atoms with Gasteiger partial charge in [-0.25, -0.2) is 0 Å². The first-order valence-electron chi connectivity index (χ1n) is 23.2. The number of unbranched alkanes of at least 4 members (excludes halogenated alkanes) is 27. The summed E-state index contributed by atoms with van der Waals surface area (Å²) >= 11 is 0. The number of allylic oxidation sites excluding steroid dienone is 3. The second kappa shape index (κ2) is 38.5. The summed E-state index contributed by atoms with van der Waals surface area (Å²) in [6.45, 7) is 4.63. The van der Waals surface area contributed by atoms with Crippen molar-refractivity contribution < 1.29 is 32.9 Å². The van der Waals surface area contributed by atoms with Gasteiger partial charge in [0.1, 0.15) is 13.2 Å². The minimum absolute atomic E-state index is 0.00429. The maximum Gasteiger partial charge on any atom is 0.268 e. The summed E-state index contributed by atoms with van der Waals surface area (Å²) in [4.78, 5) is 25.3. The molecule has 9 heteroatoms. The molecule has 0 aromatic carbocycles. The van der Waals surface area contributed by atoms with E-state index in [1.54, 1.807) is 6.08 Å². The average Bonchev–Trinajstić information content (AvgIpc) is 3.13. The predicted molar refractivity (Wildman–Crippen MR) is 233 cm³/mol. The Hall–Kier alpha value is -1.02. The zero-order chi connectivity index (χ0) is 40.7. The first-order valence-corrected chi connectivity index (χ1v) is 24.7. The van der Waals surface area contributed by atoms with Crippen LogP contribution in [0, 0.1) is 0 Å². The number of rotatable bonds is 42. The predicted octanol–water partition coefficient (Wildman–Crippen LogP) is 12.3. The van der Waals surface area contributed by atoms with Crippen LogP contribution in [0.15, 0.2) is 24.3 Å². The van der Waals surface area contributed by atoms with Gasteiger partial charge in [0, 0.05) is 6.42 Å². The van der Waals surface area contributed by atoms with Crippen LogP contribution in [-0.4, -0.2) is 68.5 Å². The molecule has 326 valence electrons. The molecule has 1 amide bonds. The van der Waals surface area contributed by atoms with Crippen LogP contribution >= 0.6 is 7.82 Å². The SMILES string of the molecule is CCCCCCCCC/C=C/CC/C=C/C(O)C(COP(=O)([O-])OCC[N+](C)(C)C)NC(=O)CCCCCCCCCCCCCCCCCCCCCC. The molecule has 0 radical (unpaired) electrons. The minimum Gasteiger partial charge on any atom is -0.756 e. The number of quaternary nitrogens is 1. The lowest BCUT2D eigenvalue weighted by molar-refractivity contribution is -0.870. The zero-order valence-corrected chi connectivity index (χ0v) is 37.8. The number of aliphatic hydroxyl groups excluding tert-OH is 1. The lowest BCUT2D eigenvalue weighted by Crippen LogP contribution is -2.45. The largest absolute Gasteiger partial charge is 0.756 e. The van der Waals surface area contributed by atoms with Gasteiger partial charge in [0.15, 0.2) is 0 Å². The van der Waals surface area contributed by atoms with Crippen molar-refractivity contribution in [2.24, 2.45) is 0 Å². The van der Waals surface area contributed by atoms with E-state index >= 15 is 0 Å². The van der Waals surface area contributed by atoms with E-state index in [0.29, 0.717) is 17.4 Å². The van der Waals surface area contributed by atoms with Crippen LogP contribution in [0.2, 0.25) is 0 Å². The van der Waals surface area contributed by atoms with Crippen LogP contribution < -0.4 is 10.2 Å². The van der Waals surface area contributed by atoms with Gasteiger partial charge < -0.3 is 28.8 Å². The molecule has 0 bridgehead atoms. The number of carbonyl (C=O) groups excluding carboxylic acids is 1. The van der Waals surface area contributed by atoms with E-state index in [1.807, 2.05) is 27.2 Å². The minimum atomic E-state index is -4.59. The van der Waals surface area contributed by atoms with Gasteiger partial charge in [-0.1, -0.05) is 199 Å². The number of amides is 1. The molecule has 0 saturated heterocycles. The fourth-order valence-corrected chi connectivity index (χ4v) is 7.42. The van der Waals surface area contributed by atoms with Gasteiger partial charge in [0.2, 0.25) is 5.91 Å². The normalized spacial score (nSPS) is 14.5. The van der Waals surface area contributed by atoms with Crippen molar-refractivity contribution in [3.63, 3.8) is 0 Å². The van der Waals surface area contributed by atoms with E-state index in [2.05, 4.69) is 31.3 Å². The third-order valence-electron chi connectivity index (χ3n) is 10.4. The molecule has 0 heterocycles. The molecule has 55 heavy (non-hydrogen) atoms. The molecule has 0 saturated carbocycles. The van der Waals surface area contributed by atoms with Crippen molar-refractivity contribution in [3.05, 3.63) is 24.3 Å². The van der Waals surface area contributed by atoms with Crippen LogP contribution in [0.5, 0.6) is 0 Å². The van der Waals surface area contributed by atoms with E-state index < -0.39 is 20.0 Å². The second-order valence-electron chi connectivity index (χ2n) is 17.1. The highest BCUT2D eigenvalue weighted by Crippen LogP contribution is 2.38. The van der Waals surface area contributed by atoms with Gasteiger partial charge in [0.05, 0.1) is 39.9 Å². The van der Waals surface area contributed by atoms with Crippen LogP contribution in [0.25, 0.3) is 0 Å². The average molecular weight is 799 g/mol. The molecular formula is C46H91N2O6P. The first-order chi connectivity index (χ1) is 26.5. The monoisotopic (exact) mass is 799 g/mol. The number of carbonyl (C=O) groups is 1. The number of aliphatic hydroxyl groups is 1. The molecule has 3 unspecified atom stereocenters. The molecule has 0 rings (SSSR count). The van der Waals surface area contributed by atoms with Crippen LogP contribution in [-0.2, 0) is 18.4 Å². The summed E-state index contributed by atoms with van der Waals surface area (Å²) in [5.41, 5.74) is 0. The third kappa shape index (κ3) is 41.0. The van der Waals surface area contributed by atoms with Crippen molar-refractivity contribution in [3.8, 4) is 0 Å². The molecule has 2 N–H and O–H groups in total. The topological polar surface area (TPSA) is 108 Å². The van der Waals surface area contributed by atoms with Gasteiger partial charge in [-0.3, -0.25) is 9.36 Å². The molecule has 0 aliphatic heterocycles. The van der Waals surface area contributed by atoms with Crippen LogP contribution in [0.4, 0.5) is 0 Å². The molecule has 8 nitrogen and oxygen atoms in total. The fraction of sp³-hybridized carbons (Fsp3) is 0.891. The number of nitrogens with zero attached hydrogens (tertiary/aromatic N) is 1. The van der Waals surface area contributed by atoms with Crippen LogP contribution in [0.3, 0.4) is 0 Å². The molecule has 3 atom stereocenters. The van der Waals surface area contributed by atoms with E-state index in [1.165, 1.54) is 154 Å². The number of phosphoric ester groups is 1. The lowest BCUT2D eigenvalue weighted by atomic mass is 10.0. The maximum absolute atomic E-state index is 12.9. The highest BCUT2D eigenvalue weighted by atomic mass is 31.2. The van der Waals surface area contributed by atoms with Crippen molar-refractivity contribution in [1.29, 1.82) is 0 Å². The summed E-state index contributed by atoms with van der Waals surface area (Å²) in [7, 11) is 1.25. The lowest BCUT2D eigenvalue weighted by Gasteiger charge is -2.29. The Kier molecular flexibility index (Phi) is 37.8. The number of hydrogen-bond donors (Lipinski definition) is 2. The highest BCUT2D eigenvalue weighted by molar-refractivity contribution is 7.45. The van der Waals surface area contributed by atoms with Crippen molar-refractivity contribution in [2.45, 2.75) is 225 Å². The summed E-state index contributed by atoms with van der Waals surface area (Å²) in [6.07, 6.45) is 45.1. The Morgan fingerprint density at radius 1 is 0.618 bits per heavy atom. The van der Waals surface area contributed by atoms with Gasteiger partial charge in [-0.15, -0.1) is 0 Å². The Morgan fingerprint density at radius 2 is 1.02 bits per heavy atom. The first kappa shape index (κ1) is 54.0. The summed E-state index contributed by atoms with van der Waals surface area (Å²) in [5.74, 6) is -0.205. The smallest absolute Gasteiger partial charge is 0.268 e. The second-order valence-corrected chi connectivity index (χ2v) is 18.5. The molecule has 0 fully saturated rings. The van der Waals surface area contributed by atoms with Crippen molar-refractivity contribution >= 4 is 13.7 Å². The Morgan fingerprint density at radius 3 is 1.47 bits per heavy atom. The number of phosphoric acid groups is 1. The Balaban J connectivity index is 4.34. The summed E-state index contributed by atoms with van der Waals surface area (Å²) in [5, 5.41) is 13.7. The van der Waals surface area contributed by atoms with Gasteiger partial charge in [-0.05, 0) is 32.1 Å². The molecule has 0 spiro atoms. The van der Waals surface area contributed by atoms with Gasteiger partial charge in [0.25, 0.3) is 7.82 Å². The Bertz CT molecular complexity index is 953. The van der Waals surface area contributed by atoms with E-state index in [-0.39, 0.29) is 19.1 Å². The van der Waals surface area contributed by atoms with E-state index in [0.717, 1.165) is 38.5 Å². The summed E-state index contributed by atoms with van der Waals surface area (Å²) in [6, 6.07) is -0.897. The fourth-order valence-electron chi connectivity index (χ4n) is 6.70. The highest BCUT2D eigenvalue weighted by Gasteiger charge is 2.23. The number of likely N-dealkylation sites (N-methyl/N-ethyl adjacent to an activating group) is 1. The maximum atomic E-state index is 12.9. The van der Waals surface area contributed by atoms with Crippen molar-refractivity contribution in [1.82, 2.24) is 5.32 Å². The van der Waals surface area contributed by atoms with E-state index in [9.17, 15) is 19.4 Å². The number of hydrogen-bond acceptors (Lipinski definition) is 6.